The van der Waals surface area contributed by atoms with Crippen molar-refractivity contribution in [1.82, 2.24) is 0 Å². The van der Waals surface area contributed by atoms with Crippen molar-refractivity contribution in [1.29, 1.82) is 5.26 Å². The van der Waals surface area contributed by atoms with Gasteiger partial charge in [0.1, 0.15) is 0 Å². The average molecular weight is 463 g/mol. The highest BCUT2D eigenvalue weighted by atomic mass is 35.5. The van der Waals surface area contributed by atoms with E-state index in [1.165, 1.54) is 19.2 Å². The van der Waals surface area contributed by atoms with E-state index in [4.69, 9.17) is 26.2 Å². The highest BCUT2D eigenvalue weighted by Crippen LogP contribution is 2.37. The Morgan fingerprint density at radius 2 is 1.76 bits per heavy atom. The Kier molecular flexibility index (Phi) is 7.68. The second-order valence-corrected chi connectivity index (χ2v) is 7.20. The average Bonchev–Trinajstić information content (AvgIpc) is 2.82. The van der Waals surface area contributed by atoms with Gasteiger partial charge < -0.3 is 19.9 Å². The number of carboxylic acid groups (broad SMARTS) is 1. The van der Waals surface area contributed by atoms with E-state index in [0.717, 1.165) is 0 Å². The van der Waals surface area contributed by atoms with E-state index >= 15 is 0 Å². The third-order valence-electron chi connectivity index (χ3n) is 4.53. The Balaban J connectivity index is 1.79. The molecule has 0 heterocycles. The van der Waals surface area contributed by atoms with Crippen LogP contribution >= 0.6 is 11.6 Å². The molecule has 0 fully saturated rings. The number of aromatic carboxylic acids is 1. The number of carbonyl (C=O) groups excluding carboxylic acids is 1. The van der Waals surface area contributed by atoms with Crippen LogP contribution in [0.15, 0.2) is 66.7 Å². The van der Waals surface area contributed by atoms with Gasteiger partial charge in [-0.05, 0) is 53.6 Å². The Morgan fingerprint density at radius 1 is 1.09 bits per heavy atom. The summed E-state index contributed by atoms with van der Waals surface area (Å²) in [6.45, 7) is -0.278. The number of hydrogen-bond acceptors (Lipinski definition) is 5. The molecule has 0 saturated carbocycles. The van der Waals surface area contributed by atoms with Crippen LogP contribution in [0.1, 0.15) is 21.5 Å². The number of para-hydroxylation sites is 1. The molecule has 0 unspecified atom stereocenters. The van der Waals surface area contributed by atoms with Gasteiger partial charge in [-0.15, -0.1) is 0 Å². The number of ether oxygens (including phenoxy) is 2. The minimum absolute atomic E-state index is 0.124. The van der Waals surface area contributed by atoms with Gasteiger partial charge >= 0.3 is 5.97 Å². The largest absolute Gasteiger partial charge is 0.493 e. The Bertz CT molecular complexity index is 1230. The minimum Gasteiger partial charge on any atom is -0.493 e. The molecule has 3 rings (SSSR count). The van der Waals surface area contributed by atoms with Crippen LogP contribution in [0.4, 0.5) is 5.69 Å². The van der Waals surface area contributed by atoms with E-state index in [1.807, 2.05) is 6.07 Å². The number of anilines is 1. The van der Waals surface area contributed by atoms with Gasteiger partial charge in [0, 0.05) is 5.69 Å². The highest BCUT2D eigenvalue weighted by Gasteiger charge is 2.14. The molecule has 1 amide bonds. The van der Waals surface area contributed by atoms with Gasteiger partial charge in [-0.1, -0.05) is 41.9 Å². The van der Waals surface area contributed by atoms with Crippen LogP contribution in [0.2, 0.25) is 5.02 Å². The fourth-order valence-corrected chi connectivity index (χ4v) is 3.23. The molecule has 33 heavy (non-hydrogen) atoms. The second-order valence-electron chi connectivity index (χ2n) is 6.79. The summed E-state index contributed by atoms with van der Waals surface area (Å²) in [6, 6.07) is 20.2. The summed E-state index contributed by atoms with van der Waals surface area (Å²) in [5.41, 5.74) is 2.19. The molecule has 166 valence electrons. The molecule has 8 heteroatoms. The molecule has 3 aromatic rings. The van der Waals surface area contributed by atoms with E-state index in [9.17, 15) is 14.9 Å². The SMILES string of the molecule is COc1cc(C=C(C#N)c2ccc(C(=O)O)cc2)cc(Cl)c1OCC(=O)Nc1ccccc1. The van der Waals surface area contributed by atoms with Crippen molar-refractivity contribution in [2.24, 2.45) is 0 Å². The summed E-state index contributed by atoms with van der Waals surface area (Å²) in [4.78, 5) is 23.2. The molecule has 0 bridgehead atoms. The first kappa shape index (κ1) is 23.4. The van der Waals surface area contributed by atoms with Gasteiger partial charge in [-0.2, -0.15) is 5.26 Å². The second kappa shape index (κ2) is 10.8. The van der Waals surface area contributed by atoms with Gasteiger partial charge in [0.05, 0.1) is 29.3 Å². The molecule has 7 nitrogen and oxygen atoms in total. The molecule has 0 aliphatic carbocycles. The normalized spacial score (nSPS) is 10.8. The third-order valence-corrected chi connectivity index (χ3v) is 4.81. The van der Waals surface area contributed by atoms with Crippen molar-refractivity contribution in [2.75, 3.05) is 19.0 Å². The lowest BCUT2D eigenvalue weighted by atomic mass is 10.0. The number of carboxylic acids is 1. The van der Waals surface area contributed by atoms with Crippen molar-refractivity contribution in [3.8, 4) is 17.6 Å². The predicted octanol–water partition coefficient (Wildman–Crippen LogP) is 5.13. The van der Waals surface area contributed by atoms with Crippen LogP contribution in [0.5, 0.6) is 11.5 Å². The predicted molar refractivity (Wildman–Crippen MR) is 125 cm³/mol. The number of nitriles is 1. The molecule has 0 spiro atoms. The van der Waals surface area contributed by atoms with E-state index in [2.05, 4.69) is 11.4 Å². The lowest BCUT2D eigenvalue weighted by molar-refractivity contribution is -0.118. The zero-order chi connectivity index (χ0) is 23.8. The van der Waals surface area contributed by atoms with Gasteiger partial charge in [0.15, 0.2) is 18.1 Å². The quantitative estimate of drug-likeness (QED) is 0.355. The zero-order valence-corrected chi connectivity index (χ0v) is 18.3. The van der Waals surface area contributed by atoms with Crippen molar-refractivity contribution < 1.29 is 24.2 Å². The van der Waals surface area contributed by atoms with Crippen LogP contribution in [-0.4, -0.2) is 30.7 Å². The van der Waals surface area contributed by atoms with Crippen molar-refractivity contribution >= 4 is 40.8 Å². The number of methoxy groups -OCH3 is 1. The van der Waals surface area contributed by atoms with Crippen LogP contribution in [0.25, 0.3) is 11.6 Å². The summed E-state index contributed by atoms with van der Waals surface area (Å²) >= 11 is 6.37. The molecule has 0 aliphatic rings. The van der Waals surface area contributed by atoms with Gasteiger partial charge in [0.25, 0.3) is 5.91 Å². The van der Waals surface area contributed by atoms with Gasteiger partial charge in [0.2, 0.25) is 0 Å². The topological polar surface area (TPSA) is 109 Å². The molecule has 0 aromatic heterocycles. The standard InChI is InChI=1S/C25H19ClN2O5/c1-32-22-13-16(11-19(14-27)17-7-9-18(10-8-17)25(30)31)12-21(26)24(22)33-15-23(29)28-20-5-3-2-4-6-20/h2-13H,15H2,1H3,(H,28,29)(H,30,31). The van der Waals surface area contributed by atoms with Crippen LogP contribution < -0.4 is 14.8 Å². The third kappa shape index (κ3) is 6.12. The molecule has 2 N–H and O–H groups in total. The zero-order valence-electron chi connectivity index (χ0n) is 17.5. The van der Waals surface area contributed by atoms with Crippen LogP contribution in [0.3, 0.4) is 0 Å². The number of nitrogens with zero attached hydrogens (tertiary/aromatic N) is 1. The smallest absolute Gasteiger partial charge is 0.335 e. The number of halogens is 1. The minimum atomic E-state index is -1.05. The van der Waals surface area contributed by atoms with Crippen molar-refractivity contribution in [3.05, 3.63) is 88.4 Å². The number of allylic oxidation sites excluding steroid dienone is 1. The van der Waals surface area contributed by atoms with Crippen molar-refractivity contribution in [2.45, 2.75) is 0 Å². The molecule has 3 aromatic carbocycles. The van der Waals surface area contributed by atoms with E-state index in [0.29, 0.717) is 28.1 Å². The molecular weight excluding hydrogens is 444 g/mol. The monoisotopic (exact) mass is 462 g/mol. The lowest BCUT2D eigenvalue weighted by Gasteiger charge is -2.13. The first-order chi connectivity index (χ1) is 15.9. The summed E-state index contributed by atoms with van der Waals surface area (Å²) in [6.07, 6.45) is 1.59. The molecule has 0 radical (unpaired) electrons. The fraction of sp³-hybridized carbons (Fsp3) is 0.0800. The van der Waals surface area contributed by atoms with Crippen molar-refractivity contribution in [3.63, 3.8) is 0 Å². The Morgan fingerprint density at radius 3 is 2.36 bits per heavy atom. The number of nitrogens with one attached hydrogen (secondary N) is 1. The van der Waals surface area contributed by atoms with Gasteiger partial charge in [-0.25, -0.2) is 4.79 Å². The van der Waals surface area contributed by atoms with Crippen LogP contribution in [-0.2, 0) is 4.79 Å². The summed E-state index contributed by atoms with van der Waals surface area (Å²) < 4.78 is 11.0. The Labute approximate surface area is 195 Å². The Hall–Kier alpha value is -4.28. The molecule has 0 aliphatic heterocycles. The highest BCUT2D eigenvalue weighted by molar-refractivity contribution is 6.32. The number of benzene rings is 3. The maximum atomic E-state index is 12.2. The first-order valence-electron chi connectivity index (χ1n) is 9.72. The molecular formula is C25H19ClN2O5. The number of carbonyl (C=O) groups is 2. The molecule has 0 saturated heterocycles. The summed E-state index contributed by atoms with van der Waals surface area (Å²) in [7, 11) is 1.44. The van der Waals surface area contributed by atoms with E-state index in [1.54, 1.807) is 54.6 Å². The fourth-order valence-electron chi connectivity index (χ4n) is 2.96. The summed E-state index contributed by atoms with van der Waals surface area (Å²) in [5.74, 6) is -0.919. The maximum absolute atomic E-state index is 12.2. The lowest BCUT2D eigenvalue weighted by Crippen LogP contribution is -2.20. The van der Waals surface area contributed by atoms with Crippen LogP contribution in [0, 0.1) is 11.3 Å². The number of amides is 1. The van der Waals surface area contributed by atoms with Gasteiger partial charge in [-0.3, -0.25) is 4.79 Å². The summed E-state index contributed by atoms with van der Waals surface area (Å²) in [5, 5.41) is 21.5. The van der Waals surface area contributed by atoms with E-state index < -0.39 is 5.97 Å². The number of rotatable bonds is 8. The van der Waals surface area contributed by atoms with E-state index in [-0.39, 0.29) is 28.8 Å². The first-order valence-corrected chi connectivity index (χ1v) is 10.1. The number of hydrogen-bond donors (Lipinski definition) is 2. The molecule has 0 atom stereocenters. The maximum Gasteiger partial charge on any atom is 0.335 e.